The number of oxazole rings is 1. The van der Waals surface area contributed by atoms with Crippen molar-refractivity contribution in [3.63, 3.8) is 0 Å². The molecule has 31 heavy (non-hydrogen) atoms. The molecule has 0 aliphatic carbocycles. The van der Waals surface area contributed by atoms with Crippen LogP contribution >= 0.6 is 0 Å². The van der Waals surface area contributed by atoms with Gasteiger partial charge in [0.05, 0.1) is 25.5 Å². The molecule has 2 aliphatic heterocycles. The monoisotopic (exact) mass is 428 g/mol. The van der Waals surface area contributed by atoms with Gasteiger partial charge in [0, 0.05) is 49.7 Å². The second kappa shape index (κ2) is 8.56. The Labute approximate surface area is 177 Å². The first kappa shape index (κ1) is 19.8. The molecule has 0 amide bonds. The van der Waals surface area contributed by atoms with E-state index in [4.69, 9.17) is 9.15 Å². The SMILES string of the molecule is FC(F)c1cc(Nc2ncc(-c3ccncc3)o2)nc(N2CCN(C3COC3)CC2)c1. The van der Waals surface area contributed by atoms with Gasteiger partial charge in [0.25, 0.3) is 6.43 Å². The molecule has 8 nitrogen and oxygen atoms in total. The highest BCUT2D eigenvalue weighted by Crippen LogP contribution is 2.29. The fourth-order valence-electron chi connectivity index (χ4n) is 3.73. The van der Waals surface area contributed by atoms with E-state index in [-0.39, 0.29) is 17.4 Å². The van der Waals surface area contributed by atoms with Crippen molar-refractivity contribution in [2.45, 2.75) is 12.5 Å². The molecule has 2 saturated heterocycles. The summed E-state index contributed by atoms with van der Waals surface area (Å²) < 4.78 is 38.1. The smallest absolute Gasteiger partial charge is 0.300 e. The Balaban J connectivity index is 1.33. The second-order valence-corrected chi connectivity index (χ2v) is 7.55. The van der Waals surface area contributed by atoms with E-state index >= 15 is 0 Å². The number of pyridine rings is 2. The minimum Gasteiger partial charge on any atom is -0.423 e. The van der Waals surface area contributed by atoms with E-state index in [1.807, 2.05) is 4.90 Å². The number of ether oxygens (including phenoxy) is 1. The van der Waals surface area contributed by atoms with E-state index in [1.165, 1.54) is 12.1 Å². The van der Waals surface area contributed by atoms with Gasteiger partial charge in [0.15, 0.2) is 5.76 Å². The van der Waals surface area contributed by atoms with Crippen molar-refractivity contribution in [2.75, 3.05) is 49.6 Å². The zero-order valence-electron chi connectivity index (χ0n) is 16.7. The molecule has 2 fully saturated rings. The number of piperazine rings is 1. The molecule has 0 radical (unpaired) electrons. The summed E-state index contributed by atoms with van der Waals surface area (Å²) in [6.07, 6.45) is 2.28. The van der Waals surface area contributed by atoms with Crippen LogP contribution in [0.1, 0.15) is 12.0 Å². The number of rotatable bonds is 6. The highest BCUT2D eigenvalue weighted by molar-refractivity contribution is 5.59. The van der Waals surface area contributed by atoms with E-state index in [1.54, 1.807) is 30.7 Å². The van der Waals surface area contributed by atoms with Crippen LogP contribution in [0.15, 0.2) is 47.3 Å². The lowest BCUT2D eigenvalue weighted by Gasteiger charge is -2.42. The molecule has 1 N–H and O–H groups in total. The van der Waals surface area contributed by atoms with Gasteiger partial charge in [-0.25, -0.2) is 18.7 Å². The van der Waals surface area contributed by atoms with E-state index in [2.05, 4.69) is 25.2 Å². The quantitative estimate of drug-likeness (QED) is 0.641. The number of halogens is 2. The fourth-order valence-corrected chi connectivity index (χ4v) is 3.73. The molecule has 0 aromatic carbocycles. The van der Waals surface area contributed by atoms with Gasteiger partial charge < -0.3 is 14.1 Å². The van der Waals surface area contributed by atoms with Crippen LogP contribution in [0.2, 0.25) is 0 Å². The standard InChI is InChI=1S/C21H22F2N6O2/c22-20(23)15-9-18(27-21-25-11-17(31-21)14-1-3-24-4-2-14)26-19(10-15)29-7-5-28(6-8-29)16-12-30-13-16/h1-4,9-11,16,20H,5-8,12-13H2,(H,25,26,27). The molecule has 162 valence electrons. The van der Waals surface area contributed by atoms with Crippen molar-refractivity contribution in [3.05, 3.63) is 48.4 Å². The van der Waals surface area contributed by atoms with E-state index < -0.39 is 6.43 Å². The van der Waals surface area contributed by atoms with Gasteiger partial charge in [-0.05, 0) is 24.3 Å². The minimum atomic E-state index is -2.60. The maximum Gasteiger partial charge on any atom is 0.300 e. The first-order valence-corrected chi connectivity index (χ1v) is 10.2. The molecular formula is C21H22F2N6O2. The second-order valence-electron chi connectivity index (χ2n) is 7.55. The highest BCUT2D eigenvalue weighted by atomic mass is 19.3. The summed E-state index contributed by atoms with van der Waals surface area (Å²) in [6, 6.07) is 7.04. The van der Waals surface area contributed by atoms with Crippen molar-refractivity contribution >= 4 is 17.7 Å². The topological polar surface area (TPSA) is 79.5 Å². The first-order valence-electron chi connectivity index (χ1n) is 10.2. The van der Waals surface area contributed by atoms with Crippen molar-refractivity contribution in [1.29, 1.82) is 0 Å². The van der Waals surface area contributed by atoms with Crippen LogP contribution < -0.4 is 10.2 Å². The Bertz CT molecular complexity index is 1020. The highest BCUT2D eigenvalue weighted by Gasteiger charge is 2.29. The van der Waals surface area contributed by atoms with E-state index in [0.29, 0.717) is 17.6 Å². The van der Waals surface area contributed by atoms with Crippen molar-refractivity contribution < 1.29 is 17.9 Å². The lowest BCUT2D eigenvalue weighted by molar-refractivity contribution is -0.0661. The maximum atomic E-state index is 13.5. The largest absolute Gasteiger partial charge is 0.423 e. The average molecular weight is 428 g/mol. The van der Waals surface area contributed by atoms with Crippen LogP contribution in [-0.2, 0) is 4.74 Å². The third-order valence-electron chi connectivity index (χ3n) is 5.57. The van der Waals surface area contributed by atoms with Gasteiger partial charge >= 0.3 is 6.01 Å². The van der Waals surface area contributed by atoms with Gasteiger partial charge in [-0.15, -0.1) is 0 Å². The summed E-state index contributed by atoms with van der Waals surface area (Å²) >= 11 is 0. The Morgan fingerprint density at radius 3 is 2.52 bits per heavy atom. The molecule has 5 rings (SSSR count). The zero-order chi connectivity index (χ0) is 21.2. The van der Waals surface area contributed by atoms with E-state index in [9.17, 15) is 8.78 Å². The van der Waals surface area contributed by atoms with Crippen LogP contribution in [0.3, 0.4) is 0 Å². The van der Waals surface area contributed by atoms with Crippen molar-refractivity contribution in [1.82, 2.24) is 19.9 Å². The number of nitrogens with one attached hydrogen (secondary N) is 1. The fraction of sp³-hybridized carbons (Fsp3) is 0.381. The molecule has 0 atom stereocenters. The van der Waals surface area contributed by atoms with Crippen LogP contribution in [0, 0.1) is 0 Å². The summed E-state index contributed by atoms with van der Waals surface area (Å²) in [7, 11) is 0. The number of alkyl halides is 2. The molecule has 5 heterocycles. The third-order valence-corrected chi connectivity index (χ3v) is 5.57. The van der Waals surface area contributed by atoms with Gasteiger partial charge in [-0.1, -0.05) is 0 Å². The molecular weight excluding hydrogens is 406 g/mol. The summed E-state index contributed by atoms with van der Waals surface area (Å²) in [5, 5.41) is 2.92. The van der Waals surface area contributed by atoms with Gasteiger partial charge in [-0.2, -0.15) is 0 Å². The number of hydrogen-bond donors (Lipinski definition) is 1. The molecule has 0 bridgehead atoms. The van der Waals surface area contributed by atoms with E-state index in [0.717, 1.165) is 45.0 Å². The molecule has 3 aromatic rings. The van der Waals surface area contributed by atoms with Crippen molar-refractivity contribution in [3.8, 4) is 11.3 Å². The minimum absolute atomic E-state index is 0.0942. The summed E-state index contributed by atoms with van der Waals surface area (Å²) in [5.74, 6) is 1.34. The Morgan fingerprint density at radius 2 is 1.84 bits per heavy atom. The molecule has 3 aromatic heterocycles. The predicted octanol–water partition coefficient (Wildman–Crippen LogP) is 3.33. The van der Waals surface area contributed by atoms with Crippen LogP contribution in [0.4, 0.5) is 26.4 Å². The van der Waals surface area contributed by atoms with Crippen molar-refractivity contribution in [2.24, 2.45) is 0 Å². The Morgan fingerprint density at radius 1 is 1.06 bits per heavy atom. The maximum absolute atomic E-state index is 13.5. The van der Waals surface area contributed by atoms with Gasteiger partial charge in [0.1, 0.15) is 11.6 Å². The lowest BCUT2D eigenvalue weighted by atomic mass is 10.1. The zero-order valence-corrected chi connectivity index (χ0v) is 16.7. The van der Waals surface area contributed by atoms with Crippen LogP contribution in [-0.4, -0.2) is 65.3 Å². The Kier molecular flexibility index (Phi) is 5.47. The molecule has 10 heteroatoms. The molecule has 0 saturated carbocycles. The number of hydrogen-bond acceptors (Lipinski definition) is 8. The third kappa shape index (κ3) is 4.35. The lowest BCUT2D eigenvalue weighted by Crippen LogP contribution is -2.56. The first-order chi connectivity index (χ1) is 15.2. The molecule has 2 aliphatic rings. The predicted molar refractivity (Wildman–Crippen MR) is 111 cm³/mol. The number of aromatic nitrogens is 3. The van der Waals surface area contributed by atoms with Gasteiger partial charge in [-0.3, -0.25) is 15.2 Å². The Hall–Kier alpha value is -3.11. The number of anilines is 3. The molecule has 0 spiro atoms. The summed E-state index contributed by atoms with van der Waals surface area (Å²) in [5.41, 5.74) is 0.725. The normalized spacial score (nSPS) is 17.7. The summed E-state index contributed by atoms with van der Waals surface area (Å²) in [6.45, 7) is 4.69. The average Bonchev–Trinajstić information content (AvgIpc) is 3.22. The van der Waals surface area contributed by atoms with Crippen LogP contribution in [0.5, 0.6) is 0 Å². The summed E-state index contributed by atoms with van der Waals surface area (Å²) in [4.78, 5) is 17.1. The molecule has 0 unspecified atom stereocenters. The van der Waals surface area contributed by atoms with Crippen LogP contribution in [0.25, 0.3) is 11.3 Å². The number of nitrogens with zero attached hydrogens (tertiary/aromatic N) is 5. The van der Waals surface area contributed by atoms with Gasteiger partial charge in [0.2, 0.25) is 0 Å².